The first-order valence-corrected chi connectivity index (χ1v) is 18.2. The lowest BCUT2D eigenvalue weighted by atomic mass is 10.3. The van der Waals surface area contributed by atoms with Crippen molar-refractivity contribution in [3.05, 3.63) is 98.6 Å². The Kier molecular flexibility index (Phi) is 11.9. The van der Waals surface area contributed by atoms with E-state index in [1.807, 2.05) is 6.07 Å². The van der Waals surface area contributed by atoms with Crippen molar-refractivity contribution < 1.29 is 32.7 Å². The van der Waals surface area contributed by atoms with Gasteiger partial charge in [-0.05, 0) is 45.0 Å². The Morgan fingerprint density at radius 3 is 2.04 bits per heavy atom. The van der Waals surface area contributed by atoms with Crippen LogP contribution in [0, 0.1) is 18.3 Å². The van der Waals surface area contributed by atoms with Crippen LogP contribution in [0.5, 0.6) is 0 Å². The number of aromatic nitrogens is 5. The molecule has 3 atom stereocenters. The standard InChI is InChI=1S/C34H41N10O9P/c1-20(2)53-54(50,51-19-25-8-9-29(52-25)44-15-21(3)30(45)39-34(44)49)40-24-14-28(43(6)18-24)33(48)38-23-13-27(42(5)17-23)32(47)37-22-12-26(41(4)16-22)31(46)36-11-7-10-35/h8-9,12-18,20,25,29H,7,11,19H2,1-6H3,(H,36,46)(H,37,47)(H,38,48)(H,40,50)(H,39,45,49)/t25-,29+,54?/m0/s1. The van der Waals surface area contributed by atoms with Gasteiger partial charge in [0.1, 0.15) is 23.2 Å². The van der Waals surface area contributed by atoms with Gasteiger partial charge >= 0.3 is 13.4 Å². The Labute approximate surface area is 309 Å². The van der Waals surface area contributed by atoms with E-state index in [0.29, 0.717) is 22.6 Å². The van der Waals surface area contributed by atoms with Crippen molar-refractivity contribution in [3.63, 3.8) is 0 Å². The topological polar surface area (TPSA) is 238 Å². The van der Waals surface area contributed by atoms with Crippen LogP contribution in [0.15, 0.2) is 64.7 Å². The van der Waals surface area contributed by atoms with E-state index < -0.39 is 49.2 Å². The van der Waals surface area contributed by atoms with E-state index in [1.54, 1.807) is 71.0 Å². The summed E-state index contributed by atoms with van der Waals surface area (Å²) in [7, 11) is 0.876. The monoisotopic (exact) mass is 764 g/mol. The first-order valence-electron chi connectivity index (χ1n) is 16.7. The van der Waals surface area contributed by atoms with Crippen molar-refractivity contribution in [1.29, 1.82) is 5.26 Å². The number of nitrogens with one attached hydrogen (secondary N) is 5. The molecule has 5 rings (SSSR count). The first-order chi connectivity index (χ1) is 25.5. The zero-order valence-electron chi connectivity index (χ0n) is 30.4. The third-order valence-corrected chi connectivity index (χ3v) is 9.72. The van der Waals surface area contributed by atoms with E-state index in [1.165, 1.54) is 44.3 Å². The predicted molar refractivity (Wildman–Crippen MR) is 197 cm³/mol. The molecule has 0 radical (unpaired) electrons. The van der Waals surface area contributed by atoms with Crippen LogP contribution < -0.4 is 32.3 Å². The summed E-state index contributed by atoms with van der Waals surface area (Å²) in [4.78, 5) is 65.2. The Balaban J connectivity index is 1.20. The summed E-state index contributed by atoms with van der Waals surface area (Å²) in [6.45, 7) is 4.91. The minimum atomic E-state index is -4.03. The van der Waals surface area contributed by atoms with Gasteiger partial charge in [0.15, 0.2) is 6.23 Å². The molecule has 5 N–H and O–H groups in total. The van der Waals surface area contributed by atoms with Crippen molar-refractivity contribution in [2.24, 2.45) is 21.1 Å². The molecule has 0 saturated heterocycles. The first kappa shape index (κ1) is 39.3. The maximum Gasteiger partial charge on any atom is 0.433 e. The molecule has 1 unspecified atom stereocenters. The minimum Gasteiger partial charge on any atom is -0.350 e. The number of hydrogen-bond acceptors (Lipinski definition) is 10. The summed E-state index contributed by atoms with van der Waals surface area (Å²) < 4.78 is 36.9. The van der Waals surface area contributed by atoms with Gasteiger partial charge in [-0.2, -0.15) is 5.26 Å². The molecule has 3 amide bonds. The molecule has 20 heteroatoms. The highest BCUT2D eigenvalue weighted by atomic mass is 31.2. The number of hydrogen-bond donors (Lipinski definition) is 5. The van der Waals surface area contributed by atoms with E-state index in [-0.39, 0.29) is 42.6 Å². The number of nitriles is 1. The van der Waals surface area contributed by atoms with Crippen molar-refractivity contribution in [2.45, 2.75) is 45.6 Å². The molecular weight excluding hydrogens is 723 g/mol. The SMILES string of the molecule is Cc1cn([C@H]2C=C[C@@H](COP(=O)(Nc3cc(C(=O)Nc4cc(C(=O)Nc5cc(C(=O)NCCC#N)n(C)c5)n(C)c4)n(C)c3)OC(C)C)O2)c(=O)[nH]c1=O. The molecular formula is C34H41N10O9P. The number of carbonyl (C=O) groups excluding carboxylic acids is 3. The highest BCUT2D eigenvalue weighted by Gasteiger charge is 2.31. The third-order valence-electron chi connectivity index (χ3n) is 8.00. The van der Waals surface area contributed by atoms with Crippen LogP contribution in [0.3, 0.4) is 0 Å². The number of H-pyrrole nitrogens is 1. The fourth-order valence-corrected chi connectivity index (χ4v) is 7.01. The lowest BCUT2D eigenvalue weighted by molar-refractivity contribution is -0.00891. The molecule has 0 aliphatic carbocycles. The molecule has 0 spiro atoms. The van der Waals surface area contributed by atoms with E-state index in [2.05, 4.69) is 26.0 Å². The molecule has 0 fully saturated rings. The van der Waals surface area contributed by atoms with Gasteiger partial charge in [-0.25, -0.2) is 9.36 Å². The van der Waals surface area contributed by atoms with Crippen LogP contribution in [-0.4, -0.2) is 66.3 Å². The number of anilines is 3. The summed E-state index contributed by atoms with van der Waals surface area (Å²) in [5, 5.41) is 19.6. The fourth-order valence-electron chi connectivity index (χ4n) is 5.49. The average molecular weight is 765 g/mol. The van der Waals surface area contributed by atoms with Gasteiger partial charge < -0.3 is 34.4 Å². The largest absolute Gasteiger partial charge is 0.433 e. The van der Waals surface area contributed by atoms with Crippen LogP contribution in [0.4, 0.5) is 17.1 Å². The van der Waals surface area contributed by atoms with Gasteiger partial charge in [0.2, 0.25) is 0 Å². The van der Waals surface area contributed by atoms with E-state index in [9.17, 15) is 28.5 Å². The van der Waals surface area contributed by atoms with Gasteiger partial charge in [-0.1, -0.05) is 6.08 Å². The molecule has 19 nitrogen and oxygen atoms in total. The normalized spacial score (nSPS) is 16.2. The van der Waals surface area contributed by atoms with Gasteiger partial charge in [-0.15, -0.1) is 0 Å². The minimum absolute atomic E-state index is 0.170. The van der Waals surface area contributed by atoms with E-state index in [0.717, 1.165) is 0 Å². The van der Waals surface area contributed by atoms with Crippen LogP contribution in [-0.2, 0) is 39.5 Å². The Morgan fingerprint density at radius 2 is 1.46 bits per heavy atom. The van der Waals surface area contributed by atoms with Crippen molar-refractivity contribution in [1.82, 2.24) is 28.6 Å². The number of nitrogens with zero attached hydrogens (tertiary/aromatic N) is 5. The highest BCUT2D eigenvalue weighted by molar-refractivity contribution is 7.55. The summed E-state index contributed by atoms with van der Waals surface area (Å²) in [6.07, 6.45) is 7.45. The maximum atomic E-state index is 13.8. The summed E-state index contributed by atoms with van der Waals surface area (Å²) in [5.41, 5.74) is 0.853. The average Bonchev–Trinajstić information content (AvgIpc) is 3.88. The number of aromatic amines is 1. The number of aryl methyl sites for hydroxylation is 4. The van der Waals surface area contributed by atoms with Gasteiger partial charge in [0.25, 0.3) is 23.3 Å². The number of carbonyl (C=O) groups is 3. The van der Waals surface area contributed by atoms with Gasteiger partial charge in [0, 0.05) is 58.0 Å². The lowest BCUT2D eigenvalue weighted by Gasteiger charge is -2.23. The zero-order chi connectivity index (χ0) is 39.3. The molecule has 5 heterocycles. The van der Waals surface area contributed by atoms with Crippen LogP contribution in [0.2, 0.25) is 0 Å². The fraction of sp³-hybridized carbons (Fsp3) is 0.353. The molecule has 286 valence electrons. The van der Waals surface area contributed by atoms with E-state index >= 15 is 0 Å². The van der Waals surface area contributed by atoms with Crippen LogP contribution >= 0.6 is 7.75 Å². The molecule has 1 aliphatic rings. The molecule has 0 saturated carbocycles. The van der Waals surface area contributed by atoms with Crippen molar-refractivity contribution >= 4 is 42.5 Å². The number of rotatable bonds is 15. The highest BCUT2D eigenvalue weighted by Crippen LogP contribution is 2.49. The number of amides is 3. The third kappa shape index (κ3) is 9.35. The smallest absolute Gasteiger partial charge is 0.350 e. The van der Waals surface area contributed by atoms with E-state index in [4.69, 9.17) is 19.0 Å². The van der Waals surface area contributed by atoms with Crippen LogP contribution in [0.25, 0.3) is 0 Å². The molecule has 54 heavy (non-hydrogen) atoms. The second-order valence-corrected chi connectivity index (χ2v) is 14.4. The molecule has 0 aromatic carbocycles. The molecule has 0 bridgehead atoms. The lowest BCUT2D eigenvalue weighted by Crippen LogP contribution is -2.33. The summed E-state index contributed by atoms with van der Waals surface area (Å²) in [5.74, 6) is -1.40. The molecule has 4 aromatic rings. The summed E-state index contributed by atoms with van der Waals surface area (Å²) >= 11 is 0. The van der Waals surface area contributed by atoms with Gasteiger partial charge in [0.05, 0.1) is 42.3 Å². The zero-order valence-corrected chi connectivity index (χ0v) is 31.3. The van der Waals surface area contributed by atoms with Crippen molar-refractivity contribution in [2.75, 3.05) is 28.9 Å². The Hall–Kier alpha value is -5.93. The Bertz CT molecular complexity index is 2310. The predicted octanol–water partition coefficient (Wildman–Crippen LogP) is 3.12. The molecule has 1 aliphatic heterocycles. The van der Waals surface area contributed by atoms with Crippen molar-refractivity contribution in [3.8, 4) is 6.07 Å². The maximum absolute atomic E-state index is 13.8. The number of ether oxygens (including phenoxy) is 1. The second-order valence-electron chi connectivity index (χ2n) is 12.7. The Morgan fingerprint density at radius 1 is 0.907 bits per heavy atom. The summed E-state index contributed by atoms with van der Waals surface area (Å²) in [6, 6.07) is 6.42. The van der Waals surface area contributed by atoms with Crippen LogP contribution in [0.1, 0.15) is 63.5 Å². The van der Waals surface area contributed by atoms with Gasteiger partial charge in [-0.3, -0.25) is 42.9 Å². The second kappa shape index (κ2) is 16.4. The molecule has 4 aromatic heterocycles. The quantitative estimate of drug-likeness (QED) is 0.0670.